The number of hydrogen-bond donors (Lipinski definition) is 1. The predicted octanol–water partition coefficient (Wildman–Crippen LogP) is 3.55. The Morgan fingerprint density at radius 1 is 1.24 bits per heavy atom. The highest BCUT2D eigenvalue weighted by Gasteiger charge is 2.14. The number of methoxy groups -OCH3 is 2. The number of aliphatic imine (C=N–C) groups is 1. The maximum atomic E-state index is 11.0. The number of nitro benzene ring substituents is 1. The van der Waals surface area contributed by atoms with E-state index in [1.165, 1.54) is 38.6 Å². The van der Waals surface area contributed by atoms with Gasteiger partial charge in [0.25, 0.3) is 5.69 Å². The molecule has 0 unspecified atom stereocenters. The SMILES string of the molecule is C=CCc1cc(C=Nc2cc([N+](=O)[O-])ccc2OC)cc(OC)c1OCC(=O)O. The smallest absolute Gasteiger partial charge is 0.341 e. The lowest BCUT2D eigenvalue weighted by Gasteiger charge is -2.14. The van der Waals surface area contributed by atoms with Crippen molar-refractivity contribution in [2.45, 2.75) is 6.42 Å². The van der Waals surface area contributed by atoms with E-state index in [-0.39, 0.29) is 11.4 Å². The van der Waals surface area contributed by atoms with Crippen LogP contribution in [-0.2, 0) is 11.2 Å². The van der Waals surface area contributed by atoms with Gasteiger partial charge in [-0.2, -0.15) is 0 Å². The van der Waals surface area contributed by atoms with E-state index in [1.54, 1.807) is 18.2 Å². The van der Waals surface area contributed by atoms with Crippen molar-refractivity contribution in [3.63, 3.8) is 0 Å². The van der Waals surface area contributed by atoms with Crippen LogP contribution in [0.4, 0.5) is 11.4 Å². The third kappa shape index (κ3) is 5.55. The molecule has 152 valence electrons. The van der Waals surface area contributed by atoms with Crippen LogP contribution in [0.25, 0.3) is 0 Å². The molecule has 2 aromatic rings. The summed E-state index contributed by atoms with van der Waals surface area (Å²) in [5.41, 5.74) is 1.46. The Morgan fingerprint density at radius 3 is 2.55 bits per heavy atom. The number of ether oxygens (including phenoxy) is 3. The number of nitro groups is 1. The van der Waals surface area contributed by atoms with Gasteiger partial charge in [-0.25, -0.2) is 4.79 Å². The number of nitrogens with zero attached hydrogens (tertiary/aromatic N) is 2. The maximum absolute atomic E-state index is 11.0. The molecule has 2 aromatic carbocycles. The zero-order valence-electron chi connectivity index (χ0n) is 16.0. The van der Waals surface area contributed by atoms with Gasteiger partial charge in [-0.15, -0.1) is 6.58 Å². The number of non-ortho nitro benzene ring substituents is 1. The van der Waals surface area contributed by atoms with Gasteiger partial charge >= 0.3 is 5.97 Å². The zero-order valence-corrected chi connectivity index (χ0v) is 16.0. The Kier molecular flexibility index (Phi) is 7.30. The second-order valence-electron chi connectivity index (χ2n) is 5.76. The van der Waals surface area contributed by atoms with E-state index in [9.17, 15) is 14.9 Å². The minimum absolute atomic E-state index is 0.111. The van der Waals surface area contributed by atoms with Gasteiger partial charge in [0, 0.05) is 23.9 Å². The molecule has 0 aliphatic rings. The molecule has 0 saturated carbocycles. The highest BCUT2D eigenvalue weighted by atomic mass is 16.6. The standard InChI is InChI=1S/C20H20N2O7/c1-4-5-14-8-13(9-18(28-3)20(14)29-12-19(23)24)11-21-16-10-15(22(25)26)6-7-17(16)27-2/h4,6-11H,1,5,12H2,2-3H3,(H,23,24). The third-order valence-corrected chi connectivity index (χ3v) is 3.80. The molecule has 0 atom stereocenters. The number of carboxylic acid groups (broad SMARTS) is 1. The fourth-order valence-electron chi connectivity index (χ4n) is 2.55. The van der Waals surface area contributed by atoms with E-state index in [1.807, 2.05) is 0 Å². The van der Waals surface area contributed by atoms with Crippen LogP contribution in [0, 0.1) is 10.1 Å². The molecule has 0 radical (unpaired) electrons. The second-order valence-corrected chi connectivity index (χ2v) is 5.76. The molecule has 9 heteroatoms. The summed E-state index contributed by atoms with van der Waals surface area (Å²) in [4.78, 5) is 25.6. The molecular formula is C20H20N2O7. The van der Waals surface area contributed by atoms with Crippen molar-refractivity contribution in [2.75, 3.05) is 20.8 Å². The topological polar surface area (TPSA) is 120 Å². The van der Waals surface area contributed by atoms with Crippen LogP contribution in [-0.4, -0.2) is 43.0 Å². The summed E-state index contributed by atoms with van der Waals surface area (Å²) in [6.45, 7) is 3.18. The molecule has 2 rings (SSSR count). The lowest BCUT2D eigenvalue weighted by molar-refractivity contribution is -0.384. The molecule has 0 aromatic heterocycles. The Bertz CT molecular complexity index is 954. The molecule has 0 aliphatic heterocycles. The Morgan fingerprint density at radius 2 is 1.97 bits per heavy atom. The maximum Gasteiger partial charge on any atom is 0.341 e. The monoisotopic (exact) mass is 400 g/mol. The van der Waals surface area contributed by atoms with E-state index >= 15 is 0 Å². The molecular weight excluding hydrogens is 380 g/mol. The molecule has 0 amide bonds. The van der Waals surface area contributed by atoms with Gasteiger partial charge in [0.2, 0.25) is 0 Å². The van der Waals surface area contributed by atoms with Crippen molar-refractivity contribution in [1.82, 2.24) is 0 Å². The first-order valence-electron chi connectivity index (χ1n) is 8.42. The van der Waals surface area contributed by atoms with Crippen LogP contribution >= 0.6 is 0 Å². The number of benzene rings is 2. The largest absolute Gasteiger partial charge is 0.494 e. The van der Waals surface area contributed by atoms with E-state index in [2.05, 4.69) is 11.6 Å². The first kappa shape index (κ1) is 21.4. The number of aliphatic carboxylic acids is 1. The highest BCUT2D eigenvalue weighted by Crippen LogP contribution is 2.34. The summed E-state index contributed by atoms with van der Waals surface area (Å²) in [5.74, 6) is -0.0931. The van der Waals surface area contributed by atoms with Gasteiger partial charge in [-0.3, -0.25) is 15.1 Å². The average molecular weight is 400 g/mol. The fraction of sp³-hybridized carbons (Fsp3) is 0.200. The summed E-state index contributed by atoms with van der Waals surface area (Å²) in [5, 5.41) is 19.9. The summed E-state index contributed by atoms with van der Waals surface area (Å²) in [6, 6.07) is 7.47. The number of rotatable bonds is 10. The van der Waals surface area contributed by atoms with Crippen molar-refractivity contribution >= 4 is 23.6 Å². The van der Waals surface area contributed by atoms with E-state index in [0.29, 0.717) is 34.8 Å². The lowest BCUT2D eigenvalue weighted by atomic mass is 10.1. The number of allylic oxidation sites excluding steroid dienone is 1. The highest BCUT2D eigenvalue weighted by molar-refractivity contribution is 5.85. The van der Waals surface area contributed by atoms with Crippen LogP contribution < -0.4 is 14.2 Å². The van der Waals surface area contributed by atoms with Crippen molar-refractivity contribution in [1.29, 1.82) is 0 Å². The number of carbonyl (C=O) groups is 1. The number of hydrogen-bond acceptors (Lipinski definition) is 7. The van der Waals surface area contributed by atoms with Crippen molar-refractivity contribution in [3.05, 3.63) is 64.2 Å². The quantitative estimate of drug-likeness (QED) is 0.280. The molecule has 0 aliphatic carbocycles. The van der Waals surface area contributed by atoms with Gasteiger partial charge in [0.15, 0.2) is 18.1 Å². The molecule has 0 bridgehead atoms. The first-order chi connectivity index (χ1) is 13.9. The second kappa shape index (κ2) is 9.88. The average Bonchev–Trinajstić information content (AvgIpc) is 2.70. The molecule has 0 spiro atoms. The predicted molar refractivity (Wildman–Crippen MR) is 107 cm³/mol. The molecule has 1 N–H and O–H groups in total. The summed E-state index contributed by atoms with van der Waals surface area (Å²) < 4.78 is 15.9. The van der Waals surface area contributed by atoms with Crippen LogP contribution in [0.15, 0.2) is 48.0 Å². The van der Waals surface area contributed by atoms with Gasteiger partial charge < -0.3 is 19.3 Å². The van der Waals surface area contributed by atoms with Crippen LogP contribution in [0.1, 0.15) is 11.1 Å². The van der Waals surface area contributed by atoms with Crippen molar-refractivity contribution in [2.24, 2.45) is 4.99 Å². The van der Waals surface area contributed by atoms with Gasteiger partial charge in [0.05, 0.1) is 19.1 Å². The van der Waals surface area contributed by atoms with Gasteiger partial charge in [0.1, 0.15) is 11.4 Å². The van der Waals surface area contributed by atoms with E-state index < -0.39 is 17.5 Å². The van der Waals surface area contributed by atoms with E-state index in [0.717, 1.165) is 0 Å². The van der Waals surface area contributed by atoms with Crippen LogP contribution in [0.2, 0.25) is 0 Å². The third-order valence-electron chi connectivity index (χ3n) is 3.80. The van der Waals surface area contributed by atoms with Crippen LogP contribution in [0.3, 0.4) is 0 Å². The Balaban J connectivity index is 2.46. The first-order valence-corrected chi connectivity index (χ1v) is 8.42. The minimum Gasteiger partial charge on any atom is -0.494 e. The Hall–Kier alpha value is -3.88. The Labute approximate surface area is 167 Å². The van der Waals surface area contributed by atoms with E-state index in [4.69, 9.17) is 19.3 Å². The van der Waals surface area contributed by atoms with Crippen LogP contribution in [0.5, 0.6) is 17.2 Å². The van der Waals surface area contributed by atoms with Crippen molar-refractivity contribution in [3.8, 4) is 17.2 Å². The molecule has 0 saturated heterocycles. The molecule has 9 nitrogen and oxygen atoms in total. The molecule has 29 heavy (non-hydrogen) atoms. The lowest BCUT2D eigenvalue weighted by Crippen LogP contribution is -2.11. The molecule has 0 heterocycles. The minimum atomic E-state index is -1.11. The number of carboxylic acids is 1. The van der Waals surface area contributed by atoms with Crippen molar-refractivity contribution < 1.29 is 29.0 Å². The summed E-state index contributed by atoms with van der Waals surface area (Å²) in [7, 11) is 2.88. The zero-order chi connectivity index (χ0) is 21.4. The summed E-state index contributed by atoms with van der Waals surface area (Å²) >= 11 is 0. The normalized spacial score (nSPS) is 10.6. The summed E-state index contributed by atoms with van der Waals surface area (Å²) in [6.07, 6.45) is 3.55. The molecule has 0 fully saturated rings. The van der Waals surface area contributed by atoms with Gasteiger partial charge in [-0.05, 0) is 30.2 Å². The van der Waals surface area contributed by atoms with Gasteiger partial charge in [-0.1, -0.05) is 6.08 Å². The fourth-order valence-corrected chi connectivity index (χ4v) is 2.55.